The molecular weight excluding hydrogens is 238 g/mol. The molecule has 2 rings (SSSR count). The first-order chi connectivity index (χ1) is 7.72. The lowest BCUT2D eigenvalue weighted by Gasteiger charge is -2.14. The Morgan fingerprint density at radius 2 is 2.00 bits per heavy atom. The second kappa shape index (κ2) is 6.03. The summed E-state index contributed by atoms with van der Waals surface area (Å²) in [5.41, 5.74) is 1.14. The van der Waals surface area contributed by atoms with Gasteiger partial charge in [0, 0.05) is 19.0 Å². The number of carboxylic acids is 1. The fourth-order valence-electron chi connectivity index (χ4n) is 2.43. The van der Waals surface area contributed by atoms with E-state index in [1.165, 1.54) is 0 Å². The molecule has 0 radical (unpaired) electrons. The lowest BCUT2D eigenvalue weighted by atomic mass is 9.89. The van der Waals surface area contributed by atoms with Crippen molar-refractivity contribution in [3.8, 4) is 0 Å². The number of hydrogen-bond donors (Lipinski definition) is 1. The molecule has 0 amide bonds. The van der Waals surface area contributed by atoms with Crippen LogP contribution in [0.4, 0.5) is 0 Å². The maximum absolute atomic E-state index is 11.2. The average Bonchev–Trinajstić information content (AvgIpc) is 2.74. The maximum Gasteiger partial charge on any atom is 0.308 e. The lowest BCUT2D eigenvalue weighted by Crippen LogP contribution is -2.23. The van der Waals surface area contributed by atoms with E-state index in [-0.39, 0.29) is 24.2 Å². The van der Waals surface area contributed by atoms with Crippen LogP contribution in [-0.2, 0) is 4.79 Å². The topological polar surface area (TPSA) is 40.5 Å². The standard InChI is InChI=1S/C13H17NO2.ClH/c1-2-14-8-11(12(9-14)13(15)16)10-6-4-3-5-7-10;/h3-7,11-12H,2,8-9H2,1H3,(H,15,16);1H/t11-,12+;/m1./s1. The number of aliphatic carboxylic acids is 1. The number of benzene rings is 1. The molecule has 1 N–H and O–H groups in total. The van der Waals surface area contributed by atoms with Crippen LogP contribution in [-0.4, -0.2) is 35.6 Å². The van der Waals surface area contributed by atoms with Gasteiger partial charge in [-0.25, -0.2) is 0 Å². The predicted octanol–water partition coefficient (Wildman–Crippen LogP) is 2.23. The van der Waals surface area contributed by atoms with Crippen molar-refractivity contribution >= 4 is 18.4 Å². The summed E-state index contributed by atoms with van der Waals surface area (Å²) in [5, 5.41) is 9.23. The molecule has 0 spiro atoms. The molecule has 4 heteroatoms. The maximum atomic E-state index is 11.2. The van der Waals surface area contributed by atoms with Crippen molar-refractivity contribution in [1.82, 2.24) is 4.90 Å². The molecule has 2 atom stereocenters. The molecule has 1 aromatic rings. The fraction of sp³-hybridized carbons (Fsp3) is 0.462. The van der Waals surface area contributed by atoms with Crippen LogP contribution in [0.3, 0.4) is 0 Å². The second-order valence-electron chi connectivity index (χ2n) is 4.31. The number of halogens is 1. The first-order valence-electron chi connectivity index (χ1n) is 5.72. The van der Waals surface area contributed by atoms with Gasteiger partial charge in [0.15, 0.2) is 0 Å². The largest absolute Gasteiger partial charge is 0.481 e. The third-order valence-electron chi connectivity index (χ3n) is 3.39. The van der Waals surface area contributed by atoms with Crippen LogP contribution in [0.15, 0.2) is 30.3 Å². The van der Waals surface area contributed by atoms with Crippen molar-refractivity contribution < 1.29 is 9.90 Å². The zero-order valence-electron chi connectivity index (χ0n) is 9.87. The zero-order chi connectivity index (χ0) is 11.5. The van der Waals surface area contributed by atoms with Gasteiger partial charge in [0.05, 0.1) is 5.92 Å². The van der Waals surface area contributed by atoms with Crippen LogP contribution in [0.2, 0.25) is 0 Å². The van der Waals surface area contributed by atoms with Crippen LogP contribution in [0.1, 0.15) is 18.4 Å². The summed E-state index contributed by atoms with van der Waals surface area (Å²) in [6, 6.07) is 9.97. The molecule has 1 saturated heterocycles. The van der Waals surface area contributed by atoms with E-state index in [2.05, 4.69) is 11.8 Å². The third-order valence-corrected chi connectivity index (χ3v) is 3.39. The SMILES string of the molecule is CCN1C[C@H](C(=O)O)[C@@H](c2ccccc2)C1.Cl. The molecule has 0 aromatic heterocycles. The number of likely N-dealkylation sites (tertiary alicyclic amines) is 1. The minimum atomic E-state index is -0.676. The normalized spacial score (nSPS) is 24.3. The van der Waals surface area contributed by atoms with E-state index in [1.54, 1.807) is 0 Å². The predicted molar refractivity (Wildman–Crippen MR) is 69.7 cm³/mol. The van der Waals surface area contributed by atoms with Crippen molar-refractivity contribution in [3.63, 3.8) is 0 Å². The summed E-state index contributed by atoms with van der Waals surface area (Å²) in [4.78, 5) is 13.4. The zero-order valence-corrected chi connectivity index (χ0v) is 10.7. The van der Waals surface area contributed by atoms with Gasteiger partial charge in [-0.2, -0.15) is 0 Å². The summed E-state index contributed by atoms with van der Waals surface area (Å²) in [6.07, 6.45) is 0. The van der Waals surface area contributed by atoms with Crippen LogP contribution in [0, 0.1) is 5.92 Å². The molecule has 0 aliphatic carbocycles. The Morgan fingerprint density at radius 1 is 1.35 bits per heavy atom. The lowest BCUT2D eigenvalue weighted by molar-refractivity contribution is -0.141. The molecule has 1 heterocycles. The van der Waals surface area contributed by atoms with Gasteiger partial charge in [-0.1, -0.05) is 37.3 Å². The summed E-state index contributed by atoms with van der Waals surface area (Å²) < 4.78 is 0. The number of carboxylic acid groups (broad SMARTS) is 1. The molecule has 1 aliphatic rings. The second-order valence-corrected chi connectivity index (χ2v) is 4.31. The van der Waals surface area contributed by atoms with E-state index in [0.717, 1.165) is 18.7 Å². The van der Waals surface area contributed by atoms with Crippen LogP contribution < -0.4 is 0 Å². The molecular formula is C13H18ClNO2. The van der Waals surface area contributed by atoms with Crippen molar-refractivity contribution in [1.29, 1.82) is 0 Å². The van der Waals surface area contributed by atoms with Gasteiger partial charge in [-0.15, -0.1) is 12.4 Å². The first-order valence-corrected chi connectivity index (χ1v) is 5.72. The molecule has 1 aliphatic heterocycles. The van der Waals surface area contributed by atoms with Crippen LogP contribution in [0.25, 0.3) is 0 Å². The summed E-state index contributed by atoms with van der Waals surface area (Å²) in [6.45, 7) is 4.53. The Labute approximate surface area is 108 Å². The molecule has 17 heavy (non-hydrogen) atoms. The van der Waals surface area contributed by atoms with Crippen molar-refractivity contribution in [3.05, 3.63) is 35.9 Å². The summed E-state index contributed by atoms with van der Waals surface area (Å²) >= 11 is 0. The number of rotatable bonds is 3. The van der Waals surface area contributed by atoms with Crippen molar-refractivity contribution in [2.75, 3.05) is 19.6 Å². The van der Waals surface area contributed by atoms with Gasteiger partial charge >= 0.3 is 5.97 Å². The van der Waals surface area contributed by atoms with Crippen molar-refractivity contribution in [2.45, 2.75) is 12.8 Å². The average molecular weight is 256 g/mol. The van der Waals surface area contributed by atoms with Gasteiger partial charge < -0.3 is 10.0 Å². The van der Waals surface area contributed by atoms with E-state index >= 15 is 0 Å². The quantitative estimate of drug-likeness (QED) is 0.901. The Hall–Kier alpha value is -1.06. The Balaban J connectivity index is 0.00000144. The molecule has 0 unspecified atom stereocenters. The molecule has 0 bridgehead atoms. The number of hydrogen-bond acceptors (Lipinski definition) is 2. The van der Waals surface area contributed by atoms with Gasteiger partial charge in [0.1, 0.15) is 0 Å². The van der Waals surface area contributed by atoms with Gasteiger partial charge in [0.2, 0.25) is 0 Å². The number of nitrogens with zero attached hydrogens (tertiary/aromatic N) is 1. The summed E-state index contributed by atoms with van der Waals surface area (Å²) in [5.74, 6) is -0.800. The van der Waals surface area contributed by atoms with Crippen LogP contribution >= 0.6 is 12.4 Å². The fourth-order valence-corrected chi connectivity index (χ4v) is 2.43. The molecule has 94 valence electrons. The van der Waals surface area contributed by atoms with E-state index in [0.29, 0.717) is 6.54 Å². The van der Waals surface area contributed by atoms with Gasteiger partial charge in [-0.05, 0) is 12.1 Å². The highest BCUT2D eigenvalue weighted by Gasteiger charge is 2.37. The highest BCUT2D eigenvalue weighted by Crippen LogP contribution is 2.32. The Bertz CT molecular complexity index is 369. The van der Waals surface area contributed by atoms with Crippen molar-refractivity contribution in [2.24, 2.45) is 5.92 Å². The highest BCUT2D eigenvalue weighted by atomic mass is 35.5. The molecule has 1 aromatic carbocycles. The van der Waals surface area contributed by atoms with Crippen LogP contribution in [0.5, 0.6) is 0 Å². The highest BCUT2D eigenvalue weighted by molar-refractivity contribution is 5.85. The molecule has 1 fully saturated rings. The monoisotopic (exact) mass is 255 g/mol. The van der Waals surface area contributed by atoms with Gasteiger partial charge in [0.25, 0.3) is 0 Å². The third kappa shape index (κ3) is 2.99. The first kappa shape index (κ1) is 14.0. The smallest absolute Gasteiger partial charge is 0.308 e. The van der Waals surface area contributed by atoms with E-state index in [1.807, 2.05) is 30.3 Å². The minimum Gasteiger partial charge on any atom is -0.481 e. The number of carbonyl (C=O) groups is 1. The van der Waals surface area contributed by atoms with E-state index < -0.39 is 5.97 Å². The summed E-state index contributed by atoms with van der Waals surface area (Å²) in [7, 11) is 0. The van der Waals surface area contributed by atoms with E-state index in [9.17, 15) is 9.90 Å². The van der Waals surface area contributed by atoms with Gasteiger partial charge in [-0.3, -0.25) is 4.79 Å². The minimum absolute atomic E-state index is 0. The van der Waals surface area contributed by atoms with E-state index in [4.69, 9.17) is 0 Å². The Kier molecular flexibility index (Phi) is 4.97. The molecule has 0 saturated carbocycles. The molecule has 3 nitrogen and oxygen atoms in total. The number of likely N-dealkylation sites (N-methyl/N-ethyl adjacent to an activating group) is 1. The Morgan fingerprint density at radius 3 is 2.53 bits per heavy atom.